The third-order valence-corrected chi connectivity index (χ3v) is 3.36. The lowest BCUT2D eigenvalue weighted by Gasteiger charge is -2.27. The van der Waals surface area contributed by atoms with Crippen LogP contribution in [0, 0.1) is 5.82 Å². The maximum absolute atomic E-state index is 13.7. The van der Waals surface area contributed by atoms with E-state index in [0.29, 0.717) is 25.2 Å². The van der Waals surface area contributed by atoms with Crippen molar-refractivity contribution in [2.24, 2.45) is 0 Å². The number of hydrogen-bond acceptors (Lipinski definition) is 4. The van der Waals surface area contributed by atoms with E-state index in [1.54, 1.807) is 0 Å². The largest absolute Gasteiger partial charge is 0.494 e. The van der Waals surface area contributed by atoms with Gasteiger partial charge >= 0.3 is 5.69 Å². The number of halogens is 1. The molecule has 0 saturated carbocycles. The number of amides is 1. The maximum Gasteiger partial charge on any atom is 0.362 e. The molecule has 1 N–H and O–H groups in total. The van der Waals surface area contributed by atoms with Crippen LogP contribution >= 0.6 is 0 Å². The summed E-state index contributed by atoms with van der Waals surface area (Å²) in [6, 6.07) is 3.94. The lowest BCUT2D eigenvalue weighted by Crippen LogP contribution is -2.49. The van der Waals surface area contributed by atoms with Crippen molar-refractivity contribution in [2.45, 2.75) is 12.8 Å². The molecule has 7 nitrogen and oxygen atoms in total. The van der Waals surface area contributed by atoms with Crippen molar-refractivity contribution in [3.63, 3.8) is 0 Å². The number of methoxy groups -OCH3 is 1. The number of carbonyl (C=O) groups is 1. The second-order valence-electron chi connectivity index (χ2n) is 4.64. The number of H-pyrrole nitrogens is 1. The van der Waals surface area contributed by atoms with Crippen molar-refractivity contribution in [3.05, 3.63) is 45.9 Å². The molecular formula is C13H13FN4O3. The van der Waals surface area contributed by atoms with Gasteiger partial charge in [-0.05, 0) is 24.6 Å². The van der Waals surface area contributed by atoms with E-state index in [2.05, 4.69) is 10.2 Å². The number of nitrogens with one attached hydrogen (secondary N) is 1. The number of hydrogen-bond donors (Lipinski definition) is 1. The minimum atomic E-state index is -0.625. The van der Waals surface area contributed by atoms with Crippen LogP contribution in [-0.2, 0) is 6.42 Å². The summed E-state index contributed by atoms with van der Waals surface area (Å²) < 4.78 is 19.7. The fourth-order valence-corrected chi connectivity index (χ4v) is 2.36. The Labute approximate surface area is 118 Å². The van der Waals surface area contributed by atoms with E-state index in [1.807, 2.05) is 0 Å². The molecule has 0 spiro atoms. The highest BCUT2D eigenvalue weighted by Gasteiger charge is 2.26. The molecule has 0 atom stereocenters. The van der Waals surface area contributed by atoms with Crippen molar-refractivity contribution < 1.29 is 13.9 Å². The van der Waals surface area contributed by atoms with Gasteiger partial charge in [0.25, 0.3) is 5.91 Å². The highest BCUT2D eigenvalue weighted by atomic mass is 19.1. The predicted octanol–water partition coefficient (Wildman–Crippen LogP) is 0.444. The number of fused-ring (bicyclic) bond motifs is 1. The average Bonchev–Trinajstić information content (AvgIpc) is 2.88. The predicted molar refractivity (Wildman–Crippen MR) is 71.5 cm³/mol. The lowest BCUT2D eigenvalue weighted by molar-refractivity contribution is 0.0950. The summed E-state index contributed by atoms with van der Waals surface area (Å²) >= 11 is 0. The van der Waals surface area contributed by atoms with Crippen molar-refractivity contribution in [2.75, 3.05) is 18.7 Å². The molecule has 1 aliphatic heterocycles. The van der Waals surface area contributed by atoms with E-state index < -0.39 is 17.4 Å². The van der Waals surface area contributed by atoms with Gasteiger partial charge in [-0.1, -0.05) is 0 Å². The fourth-order valence-electron chi connectivity index (χ4n) is 2.36. The van der Waals surface area contributed by atoms with E-state index in [0.717, 1.165) is 6.07 Å². The minimum Gasteiger partial charge on any atom is -0.494 e. The van der Waals surface area contributed by atoms with Gasteiger partial charge in [-0.25, -0.2) is 19.3 Å². The molecule has 1 amide bonds. The molecule has 1 aromatic carbocycles. The van der Waals surface area contributed by atoms with E-state index in [4.69, 9.17) is 4.74 Å². The zero-order valence-corrected chi connectivity index (χ0v) is 11.3. The molecule has 0 aliphatic carbocycles. The molecule has 1 aliphatic rings. The third-order valence-electron chi connectivity index (χ3n) is 3.36. The highest BCUT2D eigenvalue weighted by Crippen LogP contribution is 2.19. The average molecular weight is 292 g/mol. The van der Waals surface area contributed by atoms with Crippen LogP contribution in [0.2, 0.25) is 0 Å². The Morgan fingerprint density at radius 1 is 1.48 bits per heavy atom. The molecule has 110 valence electrons. The Balaban J connectivity index is 1.98. The Hall–Kier alpha value is -2.64. The lowest BCUT2D eigenvalue weighted by atomic mass is 10.1. The van der Waals surface area contributed by atoms with E-state index in [-0.39, 0.29) is 11.3 Å². The monoisotopic (exact) mass is 292 g/mol. The first-order valence-corrected chi connectivity index (χ1v) is 6.44. The number of aromatic amines is 1. The van der Waals surface area contributed by atoms with Crippen LogP contribution in [0.1, 0.15) is 22.6 Å². The van der Waals surface area contributed by atoms with E-state index in [1.165, 1.54) is 28.9 Å². The van der Waals surface area contributed by atoms with E-state index in [9.17, 15) is 14.0 Å². The molecule has 1 aromatic heterocycles. The Kier molecular flexibility index (Phi) is 3.20. The standard InChI is InChI=1S/C13H13FN4O3/c1-21-10-5-4-8(7-9(10)14)12(19)17-6-2-3-11-15-16-13(20)18(11)17/h4-5,7H,2-3,6H2,1H3,(H,16,20). The number of rotatable bonds is 2. The van der Waals surface area contributed by atoms with Gasteiger partial charge in [-0.2, -0.15) is 9.77 Å². The molecule has 0 fully saturated rings. The Morgan fingerprint density at radius 3 is 3.00 bits per heavy atom. The molecule has 3 rings (SSSR count). The van der Waals surface area contributed by atoms with Crippen molar-refractivity contribution in [1.29, 1.82) is 0 Å². The number of nitrogens with zero attached hydrogens (tertiary/aromatic N) is 3. The van der Waals surface area contributed by atoms with Crippen LogP contribution in [0.15, 0.2) is 23.0 Å². The fraction of sp³-hybridized carbons (Fsp3) is 0.308. The molecule has 0 radical (unpaired) electrons. The summed E-state index contributed by atoms with van der Waals surface area (Å²) in [4.78, 5) is 24.2. The second-order valence-corrected chi connectivity index (χ2v) is 4.64. The van der Waals surface area contributed by atoms with Gasteiger partial charge < -0.3 is 4.74 Å². The number of benzene rings is 1. The second kappa shape index (κ2) is 5.04. The smallest absolute Gasteiger partial charge is 0.362 e. The first-order valence-electron chi connectivity index (χ1n) is 6.44. The van der Waals surface area contributed by atoms with Gasteiger partial charge in [0, 0.05) is 18.5 Å². The zero-order valence-electron chi connectivity index (χ0n) is 11.3. The van der Waals surface area contributed by atoms with Crippen molar-refractivity contribution in [1.82, 2.24) is 14.9 Å². The zero-order chi connectivity index (χ0) is 15.0. The normalized spacial score (nSPS) is 13.9. The van der Waals surface area contributed by atoms with Crippen LogP contribution in [0.25, 0.3) is 0 Å². The summed E-state index contributed by atoms with van der Waals surface area (Å²) in [5.41, 5.74) is -0.332. The minimum absolute atomic E-state index is 0.0614. The van der Waals surface area contributed by atoms with Crippen LogP contribution in [0.4, 0.5) is 4.39 Å². The molecular weight excluding hydrogens is 279 g/mol. The van der Waals surface area contributed by atoms with Gasteiger partial charge in [0.05, 0.1) is 7.11 Å². The van der Waals surface area contributed by atoms with Gasteiger partial charge in [0.1, 0.15) is 0 Å². The summed E-state index contributed by atoms with van der Waals surface area (Å²) in [7, 11) is 1.35. The van der Waals surface area contributed by atoms with Gasteiger partial charge in [-0.15, -0.1) is 0 Å². The van der Waals surface area contributed by atoms with Crippen LogP contribution in [-0.4, -0.2) is 34.4 Å². The Bertz CT molecular complexity index is 752. The molecule has 2 aromatic rings. The third kappa shape index (κ3) is 2.18. The van der Waals surface area contributed by atoms with Crippen LogP contribution < -0.4 is 15.4 Å². The first kappa shape index (κ1) is 13.3. The van der Waals surface area contributed by atoms with Crippen LogP contribution in [0.5, 0.6) is 5.75 Å². The SMILES string of the molecule is COc1ccc(C(=O)N2CCCc3n[nH]c(=O)n32)cc1F. The number of aromatic nitrogens is 3. The van der Waals surface area contributed by atoms with Gasteiger partial charge in [0.2, 0.25) is 0 Å². The molecule has 0 saturated heterocycles. The number of ether oxygens (including phenoxy) is 1. The topological polar surface area (TPSA) is 80.2 Å². The number of aryl methyl sites for hydroxylation is 1. The highest BCUT2D eigenvalue weighted by molar-refractivity contribution is 6.01. The van der Waals surface area contributed by atoms with Crippen molar-refractivity contribution >= 4 is 5.91 Å². The summed E-state index contributed by atoms with van der Waals surface area (Å²) in [6.45, 7) is 0.374. The van der Waals surface area contributed by atoms with Gasteiger partial charge in [0.15, 0.2) is 17.4 Å². The molecule has 2 heterocycles. The van der Waals surface area contributed by atoms with Crippen molar-refractivity contribution in [3.8, 4) is 5.75 Å². The quantitative estimate of drug-likeness (QED) is 0.871. The van der Waals surface area contributed by atoms with Gasteiger partial charge in [-0.3, -0.25) is 4.79 Å². The number of carbonyl (C=O) groups excluding carboxylic acids is 1. The molecule has 0 bridgehead atoms. The molecule has 8 heteroatoms. The molecule has 21 heavy (non-hydrogen) atoms. The Morgan fingerprint density at radius 2 is 2.29 bits per heavy atom. The summed E-state index contributed by atoms with van der Waals surface area (Å²) in [6.07, 6.45) is 1.30. The summed E-state index contributed by atoms with van der Waals surface area (Å²) in [5.74, 6) is -0.527. The van der Waals surface area contributed by atoms with E-state index >= 15 is 0 Å². The molecule has 0 unspecified atom stereocenters. The first-order chi connectivity index (χ1) is 10.1. The summed E-state index contributed by atoms with van der Waals surface area (Å²) in [5, 5.41) is 7.45. The maximum atomic E-state index is 13.7. The van der Waals surface area contributed by atoms with Crippen LogP contribution in [0.3, 0.4) is 0 Å².